The maximum absolute atomic E-state index is 13.6. The lowest BCUT2D eigenvalue weighted by atomic mass is 9.71. The number of piperidine rings is 3. The second-order valence-electron chi connectivity index (χ2n) is 16.9. The molecule has 0 radical (unpaired) electrons. The summed E-state index contributed by atoms with van der Waals surface area (Å²) in [5.41, 5.74) is 3.91. The Kier molecular flexibility index (Phi) is 12.3. The van der Waals surface area contributed by atoms with E-state index in [-0.39, 0.29) is 30.7 Å². The number of fused-ring (bicyclic) bond motifs is 1. The monoisotopic (exact) mass is 819 g/mol. The Bertz CT molecular complexity index is 2220. The largest absolute Gasteiger partial charge is 0.495 e. The quantitative estimate of drug-likeness (QED) is 0.166. The van der Waals surface area contributed by atoms with Gasteiger partial charge in [-0.15, -0.1) is 0 Å². The van der Waals surface area contributed by atoms with Crippen molar-refractivity contribution in [3.05, 3.63) is 71.7 Å². The van der Waals surface area contributed by atoms with Crippen LogP contribution in [-0.2, 0) is 4.79 Å². The number of amides is 5. The molecule has 60 heavy (non-hydrogen) atoms. The second-order valence-corrected chi connectivity index (χ2v) is 16.9. The van der Waals surface area contributed by atoms with Gasteiger partial charge in [-0.2, -0.15) is 5.10 Å². The first-order valence-electron chi connectivity index (χ1n) is 21.5. The number of aromatic nitrogens is 3. The highest BCUT2D eigenvalue weighted by Crippen LogP contribution is 2.42. The number of hydrogen-bond acceptors (Lipinski definition) is 10. The van der Waals surface area contributed by atoms with Gasteiger partial charge >= 0.3 is 6.03 Å². The smallest absolute Gasteiger partial charge is 0.328 e. The number of imide groups is 1. The van der Waals surface area contributed by atoms with E-state index in [1.807, 2.05) is 36.1 Å². The first-order chi connectivity index (χ1) is 29.1. The number of unbranched alkanes of at least 4 members (excludes halogenated alkanes) is 1. The number of aryl methyl sites for hydroxylation is 1. The molecule has 4 aromatic rings. The van der Waals surface area contributed by atoms with Gasteiger partial charge in [0.05, 0.1) is 37.2 Å². The van der Waals surface area contributed by atoms with E-state index < -0.39 is 6.03 Å². The summed E-state index contributed by atoms with van der Waals surface area (Å²) in [6.07, 6.45) is 11.1. The molecule has 4 aliphatic rings. The summed E-state index contributed by atoms with van der Waals surface area (Å²) in [6, 6.07) is 14.2. The molecule has 0 bridgehead atoms. The third kappa shape index (κ3) is 9.11. The third-order valence-electron chi connectivity index (χ3n) is 13.1. The number of carbonyl (C=O) groups is 4. The first kappa shape index (κ1) is 41.2. The van der Waals surface area contributed by atoms with Crippen molar-refractivity contribution < 1.29 is 28.7 Å². The number of rotatable bonds is 12. The van der Waals surface area contributed by atoms with Crippen LogP contribution in [0.2, 0.25) is 0 Å². The Labute approximate surface area is 351 Å². The second kappa shape index (κ2) is 18.0. The first-order valence-corrected chi connectivity index (χ1v) is 21.5. The lowest BCUT2D eigenvalue weighted by Gasteiger charge is -2.47. The standard InChI is InChI=1S/C45H57N9O6/c1-31-7-6-8-35(46-31)42(56)47-37-27-33-30-54(49-36(33)29-40(37)60-3)34-11-20-50(21-12-34)18-4-5-19-51-23-14-45(15-24-51)16-25-52(26-17-45)43(57)32-9-10-39(59-2)38(28-32)53-22-13-41(55)48-44(53)58/h6-10,27-30,34H,4-5,11-26H2,1-3H3,(H,47,56)(H,48,55,58). The van der Waals surface area contributed by atoms with Crippen LogP contribution < -0.4 is 25.0 Å². The summed E-state index contributed by atoms with van der Waals surface area (Å²) in [5.74, 6) is 0.439. The lowest BCUT2D eigenvalue weighted by Crippen LogP contribution is -2.50. The van der Waals surface area contributed by atoms with Gasteiger partial charge in [-0.1, -0.05) is 6.07 Å². The molecular weight excluding hydrogens is 763 g/mol. The van der Waals surface area contributed by atoms with Crippen LogP contribution in [0.5, 0.6) is 11.5 Å². The van der Waals surface area contributed by atoms with Crippen molar-refractivity contribution >= 4 is 46.0 Å². The molecule has 15 heteroatoms. The minimum absolute atomic E-state index is 0.0329. The van der Waals surface area contributed by atoms with Gasteiger partial charge < -0.3 is 29.5 Å². The Morgan fingerprint density at radius 3 is 2.23 bits per heavy atom. The fourth-order valence-corrected chi connectivity index (χ4v) is 9.41. The summed E-state index contributed by atoms with van der Waals surface area (Å²) in [4.78, 5) is 63.8. The van der Waals surface area contributed by atoms with E-state index >= 15 is 0 Å². The van der Waals surface area contributed by atoms with E-state index in [9.17, 15) is 19.2 Å². The molecule has 4 aliphatic heterocycles. The van der Waals surface area contributed by atoms with E-state index in [4.69, 9.17) is 14.6 Å². The Morgan fingerprint density at radius 2 is 1.55 bits per heavy atom. The van der Waals surface area contributed by atoms with Gasteiger partial charge in [0.2, 0.25) is 5.91 Å². The minimum atomic E-state index is -0.502. The molecule has 4 saturated heterocycles. The number of ether oxygens (including phenoxy) is 2. The van der Waals surface area contributed by atoms with E-state index in [1.54, 1.807) is 31.4 Å². The average Bonchev–Trinajstić information content (AvgIpc) is 3.68. The van der Waals surface area contributed by atoms with Gasteiger partial charge in [0.15, 0.2) is 0 Å². The molecular formula is C45H57N9O6. The number of carbonyl (C=O) groups excluding carboxylic acids is 4. The fourth-order valence-electron chi connectivity index (χ4n) is 9.41. The Morgan fingerprint density at radius 1 is 0.850 bits per heavy atom. The zero-order valence-corrected chi connectivity index (χ0v) is 35.1. The number of pyridine rings is 1. The molecule has 6 heterocycles. The molecule has 2 N–H and O–H groups in total. The molecule has 8 rings (SSSR count). The summed E-state index contributed by atoms with van der Waals surface area (Å²) in [6.45, 7) is 10.2. The van der Waals surface area contributed by atoms with Gasteiger partial charge in [-0.25, -0.2) is 9.78 Å². The summed E-state index contributed by atoms with van der Waals surface area (Å²) in [7, 11) is 3.13. The predicted molar refractivity (Wildman–Crippen MR) is 229 cm³/mol. The highest BCUT2D eigenvalue weighted by atomic mass is 16.5. The zero-order valence-electron chi connectivity index (χ0n) is 35.1. The van der Waals surface area contributed by atoms with Crippen molar-refractivity contribution in [2.45, 2.75) is 70.8 Å². The lowest BCUT2D eigenvalue weighted by molar-refractivity contribution is -0.120. The van der Waals surface area contributed by atoms with Crippen molar-refractivity contribution in [1.29, 1.82) is 0 Å². The average molecular weight is 820 g/mol. The van der Waals surface area contributed by atoms with Crippen molar-refractivity contribution in [2.75, 3.05) is 83.3 Å². The molecule has 4 fully saturated rings. The molecule has 15 nitrogen and oxygen atoms in total. The van der Waals surface area contributed by atoms with E-state index in [0.717, 1.165) is 94.6 Å². The zero-order chi connectivity index (χ0) is 41.8. The molecule has 1 spiro atoms. The highest BCUT2D eigenvalue weighted by Gasteiger charge is 2.39. The number of nitrogens with zero attached hydrogens (tertiary/aromatic N) is 7. The Balaban J connectivity index is 0.747. The summed E-state index contributed by atoms with van der Waals surface area (Å²) >= 11 is 0. The molecule has 2 aromatic carbocycles. The van der Waals surface area contributed by atoms with Crippen molar-refractivity contribution in [3.8, 4) is 11.5 Å². The highest BCUT2D eigenvalue weighted by molar-refractivity contribution is 6.07. The van der Waals surface area contributed by atoms with Crippen LogP contribution in [0, 0.1) is 12.3 Å². The number of urea groups is 1. The number of hydrogen-bond donors (Lipinski definition) is 2. The van der Waals surface area contributed by atoms with E-state index in [2.05, 4.69) is 36.3 Å². The van der Waals surface area contributed by atoms with Gasteiger partial charge in [-0.05, 0) is 126 Å². The van der Waals surface area contributed by atoms with Crippen LogP contribution in [0.15, 0.2) is 54.7 Å². The van der Waals surface area contributed by atoms with E-state index in [0.29, 0.717) is 45.6 Å². The Hall–Kier alpha value is -5.54. The van der Waals surface area contributed by atoms with E-state index in [1.165, 1.54) is 37.7 Å². The molecule has 0 atom stereocenters. The van der Waals surface area contributed by atoms with Crippen molar-refractivity contribution in [1.82, 2.24) is 34.8 Å². The van der Waals surface area contributed by atoms with Crippen LogP contribution in [0.3, 0.4) is 0 Å². The number of nitrogens with one attached hydrogen (secondary N) is 2. The molecule has 2 aromatic heterocycles. The fraction of sp³-hybridized carbons (Fsp3) is 0.511. The van der Waals surface area contributed by atoms with Crippen LogP contribution in [0.25, 0.3) is 10.9 Å². The molecule has 318 valence electrons. The van der Waals surface area contributed by atoms with Gasteiger partial charge in [0, 0.05) is 68.1 Å². The van der Waals surface area contributed by atoms with Crippen LogP contribution >= 0.6 is 0 Å². The number of anilines is 2. The SMILES string of the molecule is COc1cc2nn(C3CCN(CCCCN4CCC5(CC4)CCN(C(=O)c4ccc(OC)c(N6CCC(=O)NC6=O)c4)CC5)CC3)cc2cc1NC(=O)c1cccc(C)n1. The minimum Gasteiger partial charge on any atom is -0.495 e. The van der Waals surface area contributed by atoms with Crippen LogP contribution in [0.1, 0.15) is 90.4 Å². The molecule has 5 amide bonds. The topological polar surface area (TPSA) is 154 Å². The van der Waals surface area contributed by atoms with Crippen molar-refractivity contribution in [3.63, 3.8) is 0 Å². The number of methoxy groups -OCH3 is 2. The maximum Gasteiger partial charge on any atom is 0.328 e. The van der Waals surface area contributed by atoms with Gasteiger partial charge in [0.1, 0.15) is 17.2 Å². The predicted octanol–water partition coefficient (Wildman–Crippen LogP) is 5.89. The van der Waals surface area contributed by atoms with Crippen LogP contribution in [-0.4, -0.2) is 126 Å². The van der Waals surface area contributed by atoms with Crippen molar-refractivity contribution in [2.24, 2.45) is 5.41 Å². The number of benzene rings is 2. The summed E-state index contributed by atoms with van der Waals surface area (Å²) in [5, 5.41) is 11.2. The molecule has 0 aliphatic carbocycles. The van der Waals surface area contributed by atoms with Crippen LogP contribution in [0.4, 0.5) is 16.2 Å². The molecule has 0 saturated carbocycles. The summed E-state index contributed by atoms with van der Waals surface area (Å²) < 4.78 is 13.2. The molecule has 0 unspecified atom stereocenters. The normalized spacial score (nSPS) is 19.1. The number of likely N-dealkylation sites (tertiary alicyclic amines) is 3. The maximum atomic E-state index is 13.6. The van der Waals surface area contributed by atoms with Gasteiger partial charge in [0.25, 0.3) is 11.8 Å². The van der Waals surface area contributed by atoms with Gasteiger partial charge in [-0.3, -0.25) is 29.3 Å². The third-order valence-corrected chi connectivity index (χ3v) is 13.1.